The third-order valence-corrected chi connectivity index (χ3v) is 6.60. The largest absolute Gasteiger partial charge is 0.492 e. The number of fused-ring (bicyclic) bond motifs is 1. The molecule has 2 aliphatic rings. The molecule has 186 valence electrons. The van der Waals surface area contributed by atoms with E-state index in [4.69, 9.17) is 9.47 Å². The van der Waals surface area contributed by atoms with E-state index >= 15 is 4.39 Å². The van der Waals surface area contributed by atoms with Gasteiger partial charge in [-0.05, 0) is 46.1 Å². The number of carbonyl (C=O) groups is 1. The number of rotatable bonds is 5. The molecule has 1 N–H and O–H groups in total. The van der Waals surface area contributed by atoms with Gasteiger partial charge in [0.25, 0.3) is 0 Å². The van der Waals surface area contributed by atoms with E-state index in [-0.39, 0.29) is 34.2 Å². The molecule has 2 fully saturated rings. The van der Waals surface area contributed by atoms with Gasteiger partial charge in [0.2, 0.25) is 0 Å². The molecule has 0 spiro atoms. The van der Waals surface area contributed by atoms with Gasteiger partial charge in [0.05, 0.1) is 30.1 Å². The summed E-state index contributed by atoms with van der Waals surface area (Å²) in [6, 6.07) is 0.570. The van der Waals surface area contributed by atoms with Crippen LogP contribution in [0.25, 0.3) is 10.9 Å². The van der Waals surface area contributed by atoms with Crippen molar-refractivity contribution in [3.63, 3.8) is 0 Å². The van der Waals surface area contributed by atoms with Gasteiger partial charge in [0, 0.05) is 31.3 Å². The fourth-order valence-electron chi connectivity index (χ4n) is 4.86. The Hall–Kier alpha value is -2.84. The zero-order chi connectivity index (χ0) is 24.9. The lowest BCUT2D eigenvalue weighted by molar-refractivity contribution is 0.0497. The number of aromatic nitrogens is 1. The van der Waals surface area contributed by atoms with Crippen LogP contribution < -0.4 is 20.4 Å². The number of methoxy groups -OCH3 is 1. The first kappa shape index (κ1) is 24.3. The van der Waals surface area contributed by atoms with Gasteiger partial charge in [-0.2, -0.15) is 0 Å². The smallest absolute Gasteiger partial charge is 0.407 e. The van der Waals surface area contributed by atoms with Crippen molar-refractivity contribution in [3.05, 3.63) is 33.9 Å². The van der Waals surface area contributed by atoms with E-state index in [0.717, 1.165) is 6.42 Å². The van der Waals surface area contributed by atoms with Crippen molar-refractivity contribution in [3.8, 4) is 5.75 Å². The number of hydrogen-bond donors (Lipinski definition) is 1. The van der Waals surface area contributed by atoms with Crippen LogP contribution in [-0.4, -0.2) is 48.7 Å². The van der Waals surface area contributed by atoms with Gasteiger partial charge >= 0.3 is 6.09 Å². The van der Waals surface area contributed by atoms with Crippen molar-refractivity contribution in [1.29, 1.82) is 0 Å². The number of alkyl halides is 1. The monoisotopic (exact) mass is 477 g/mol. The van der Waals surface area contributed by atoms with Crippen molar-refractivity contribution in [2.24, 2.45) is 5.92 Å². The van der Waals surface area contributed by atoms with Crippen molar-refractivity contribution in [2.45, 2.75) is 71.3 Å². The highest BCUT2D eigenvalue weighted by molar-refractivity contribution is 5.92. The summed E-state index contributed by atoms with van der Waals surface area (Å²) in [5, 5.41) is 3.09. The molecule has 1 aliphatic carbocycles. The molecule has 4 atom stereocenters. The summed E-state index contributed by atoms with van der Waals surface area (Å²) in [7, 11) is 1.43. The molecule has 2 heterocycles. The van der Waals surface area contributed by atoms with Gasteiger partial charge in [0.15, 0.2) is 17.0 Å². The van der Waals surface area contributed by atoms with E-state index < -0.39 is 29.7 Å². The van der Waals surface area contributed by atoms with Crippen LogP contribution in [0.4, 0.5) is 19.3 Å². The Balaban J connectivity index is 1.76. The van der Waals surface area contributed by atoms with Crippen LogP contribution in [-0.2, 0) is 4.74 Å². The molecule has 34 heavy (non-hydrogen) atoms. The maximum Gasteiger partial charge on any atom is 0.407 e. The number of hydrogen-bond acceptors (Lipinski definition) is 5. The molecule has 1 saturated carbocycles. The van der Waals surface area contributed by atoms with Crippen molar-refractivity contribution in [2.75, 3.05) is 25.1 Å². The van der Waals surface area contributed by atoms with Gasteiger partial charge in [-0.25, -0.2) is 13.6 Å². The molecule has 0 unspecified atom stereocenters. The second-order valence-electron chi connectivity index (χ2n) is 10.3. The van der Waals surface area contributed by atoms with Crippen LogP contribution in [0.1, 0.15) is 52.1 Å². The molecule has 0 radical (unpaired) electrons. The summed E-state index contributed by atoms with van der Waals surface area (Å²) in [4.78, 5) is 27.1. The second-order valence-corrected chi connectivity index (χ2v) is 10.3. The van der Waals surface area contributed by atoms with E-state index in [9.17, 15) is 14.0 Å². The summed E-state index contributed by atoms with van der Waals surface area (Å²) >= 11 is 0. The number of carbonyl (C=O) groups excluding carboxylic acids is 1. The Morgan fingerprint density at radius 1 is 1.29 bits per heavy atom. The molecule has 2 aromatic rings. The lowest BCUT2D eigenvalue weighted by Crippen LogP contribution is -2.43. The van der Waals surface area contributed by atoms with Crippen LogP contribution >= 0.6 is 0 Å². The Morgan fingerprint density at radius 2 is 1.97 bits per heavy atom. The molecule has 1 aliphatic heterocycles. The minimum atomic E-state index is -1.01. The van der Waals surface area contributed by atoms with E-state index in [0.29, 0.717) is 30.6 Å². The van der Waals surface area contributed by atoms with E-state index in [1.165, 1.54) is 13.2 Å². The number of anilines is 1. The minimum absolute atomic E-state index is 0.0613. The summed E-state index contributed by atoms with van der Waals surface area (Å²) in [6.45, 7) is 9.88. The zero-order valence-corrected chi connectivity index (χ0v) is 20.6. The normalized spacial score (nSPS) is 24.4. The molecule has 7 nitrogen and oxygen atoms in total. The third-order valence-electron chi connectivity index (χ3n) is 6.60. The van der Waals surface area contributed by atoms with Crippen LogP contribution in [0.2, 0.25) is 0 Å². The summed E-state index contributed by atoms with van der Waals surface area (Å²) < 4.78 is 42.4. The number of aryl methyl sites for hydroxylation is 1. The molecular weight excluding hydrogens is 444 g/mol. The molecule has 1 aromatic heterocycles. The highest BCUT2D eigenvalue weighted by Crippen LogP contribution is 2.46. The quantitative estimate of drug-likeness (QED) is 0.688. The number of alkyl carbamates (subject to hydrolysis) is 1. The molecule has 1 saturated heterocycles. The van der Waals surface area contributed by atoms with E-state index in [2.05, 4.69) is 5.32 Å². The van der Waals surface area contributed by atoms with Gasteiger partial charge in [-0.3, -0.25) is 4.79 Å². The SMILES string of the molecule is CC[C@H]1CN(c2c(F)cc3c(=O)c(C)cn([C@@H]4C[C@@H]4F)c3c2OC)C[C@H]1NC(=O)OC(C)(C)C. The second kappa shape index (κ2) is 8.74. The van der Waals surface area contributed by atoms with Gasteiger partial charge in [-0.15, -0.1) is 0 Å². The van der Waals surface area contributed by atoms with Crippen molar-refractivity contribution in [1.82, 2.24) is 9.88 Å². The van der Waals surface area contributed by atoms with E-state index in [1.54, 1.807) is 38.5 Å². The standard InChI is InChI=1S/C25H33F2N3O4/c1-7-14-11-29(12-18(14)28-24(32)34-25(3,4)5)21-17(27)8-15-20(23(21)33-6)30(19-9-16(19)26)10-13(2)22(15)31/h8,10,14,16,18-19H,7,9,11-12H2,1-6H3,(H,28,32)/t14-,16-,18+,19+/m0/s1. The first-order chi connectivity index (χ1) is 15.9. The highest BCUT2D eigenvalue weighted by atomic mass is 19.1. The Bertz CT molecular complexity index is 1170. The van der Waals surface area contributed by atoms with Gasteiger partial charge < -0.3 is 24.3 Å². The van der Waals surface area contributed by atoms with Crippen molar-refractivity contribution < 1.29 is 23.0 Å². The Labute approximate surface area is 198 Å². The van der Waals surface area contributed by atoms with Crippen LogP contribution in [0.3, 0.4) is 0 Å². The third kappa shape index (κ3) is 4.44. The number of amides is 1. The number of nitrogens with zero attached hydrogens (tertiary/aromatic N) is 2. The minimum Gasteiger partial charge on any atom is -0.492 e. The topological polar surface area (TPSA) is 72.8 Å². The average Bonchev–Trinajstić information content (AvgIpc) is 3.33. The van der Waals surface area contributed by atoms with Crippen molar-refractivity contribution >= 4 is 22.7 Å². The molecule has 1 aromatic carbocycles. The first-order valence-corrected chi connectivity index (χ1v) is 11.8. The van der Waals surface area contributed by atoms with E-state index in [1.807, 2.05) is 11.8 Å². The molecule has 1 amide bonds. The van der Waals surface area contributed by atoms with Crippen LogP contribution in [0.5, 0.6) is 5.75 Å². The Kier molecular flexibility index (Phi) is 6.25. The number of ether oxygens (including phenoxy) is 2. The molecule has 9 heteroatoms. The highest BCUT2D eigenvalue weighted by Gasteiger charge is 2.41. The Morgan fingerprint density at radius 3 is 2.53 bits per heavy atom. The molecule has 0 bridgehead atoms. The fraction of sp³-hybridized carbons (Fsp3) is 0.600. The number of halogens is 2. The average molecular weight is 478 g/mol. The first-order valence-electron chi connectivity index (χ1n) is 11.8. The lowest BCUT2D eigenvalue weighted by atomic mass is 10.0. The summed E-state index contributed by atoms with van der Waals surface area (Å²) in [5.74, 6) is -0.316. The summed E-state index contributed by atoms with van der Waals surface area (Å²) in [5.41, 5.74) is 0.112. The number of benzene rings is 1. The maximum atomic E-state index is 15.5. The maximum absolute atomic E-state index is 15.5. The predicted octanol–water partition coefficient (Wildman–Crippen LogP) is 4.48. The molecule has 4 rings (SSSR count). The van der Waals surface area contributed by atoms with Gasteiger partial charge in [0.1, 0.15) is 17.5 Å². The molecular formula is C25H33F2N3O4. The zero-order valence-electron chi connectivity index (χ0n) is 20.6. The van der Waals surface area contributed by atoms with Crippen LogP contribution in [0, 0.1) is 18.7 Å². The lowest BCUT2D eigenvalue weighted by Gasteiger charge is -2.25. The fourth-order valence-corrected chi connectivity index (χ4v) is 4.86. The number of nitrogens with one attached hydrogen (secondary N) is 1. The predicted molar refractivity (Wildman–Crippen MR) is 127 cm³/mol. The number of pyridine rings is 1. The summed E-state index contributed by atoms with van der Waals surface area (Å²) in [6.07, 6.45) is 1.21. The van der Waals surface area contributed by atoms with Crippen LogP contribution in [0.15, 0.2) is 17.1 Å². The van der Waals surface area contributed by atoms with Gasteiger partial charge in [-0.1, -0.05) is 6.92 Å².